The Kier molecular flexibility index (Phi) is 7.59. The number of aromatic nitrogens is 2. The van der Waals surface area contributed by atoms with E-state index in [-0.39, 0.29) is 42.4 Å². The van der Waals surface area contributed by atoms with Gasteiger partial charge in [-0.15, -0.1) is 12.4 Å². The molecule has 0 aliphatic carbocycles. The summed E-state index contributed by atoms with van der Waals surface area (Å²) in [6.07, 6.45) is -0.241. The third-order valence-electron chi connectivity index (χ3n) is 6.77. The van der Waals surface area contributed by atoms with E-state index < -0.39 is 24.2 Å². The molecule has 11 heteroatoms. The summed E-state index contributed by atoms with van der Waals surface area (Å²) in [5.74, 6) is -1.50. The number of hydrogen-bond acceptors (Lipinski definition) is 4. The Labute approximate surface area is 211 Å². The number of ether oxygens (including phenoxy) is 2. The number of rotatable bonds is 5. The highest BCUT2D eigenvalue weighted by molar-refractivity contribution is 5.85. The van der Waals surface area contributed by atoms with Gasteiger partial charge in [0.15, 0.2) is 0 Å². The van der Waals surface area contributed by atoms with Crippen LogP contribution in [-0.2, 0) is 10.9 Å². The number of alkyl halides is 5. The molecule has 2 saturated heterocycles. The van der Waals surface area contributed by atoms with Crippen LogP contribution in [0.5, 0.6) is 5.75 Å². The van der Waals surface area contributed by atoms with Gasteiger partial charge in [0.1, 0.15) is 5.75 Å². The highest BCUT2D eigenvalue weighted by Crippen LogP contribution is 2.50. The predicted molar refractivity (Wildman–Crippen MR) is 125 cm³/mol. The van der Waals surface area contributed by atoms with Gasteiger partial charge in [-0.25, -0.2) is 4.98 Å². The monoisotopic (exact) mass is 529 g/mol. The van der Waals surface area contributed by atoms with Crippen molar-refractivity contribution >= 4 is 12.4 Å². The van der Waals surface area contributed by atoms with Crippen LogP contribution in [0.15, 0.2) is 60.9 Å². The summed E-state index contributed by atoms with van der Waals surface area (Å²) in [5.41, 5.74) is 1.06. The molecule has 0 amide bonds. The first-order valence-electron chi connectivity index (χ1n) is 11.4. The molecule has 5 nitrogen and oxygen atoms in total. The van der Waals surface area contributed by atoms with E-state index in [0.717, 1.165) is 35.7 Å². The zero-order chi connectivity index (χ0) is 24.6. The van der Waals surface area contributed by atoms with E-state index in [1.807, 2.05) is 30.3 Å². The molecule has 0 unspecified atom stereocenters. The zero-order valence-electron chi connectivity index (χ0n) is 19.1. The van der Waals surface area contributed by atoms with Crippen LogP contribution in [0.25, 0.3) is 5.69 Å². The quantitative estimate of drug-likeness (QED) is 0.395. The fourth-order valence-corrected chi connectivity index (χ4v) is 5.34. The molecule has 5 rings (SSSR count). The van der Waals surface area contributed by atoms with Gasteiger partial charge in [-0.1, -0.05) is 30.3 Å². The molecule has 0 saturated carbocycles. The van der Waals surface area contributed by atoms with Crippen LogP contribution in [0.4, 0.5) is 22.0 Å². The first kappa shape index (κ1) is 26.4. The summed E-state index contributed by atoms with van der Waals surface area (Å²) in [7, 11) is 0. The van der Waals surface area contributed by atoms with Crippen LogP contribution >= 0.6 is 12.4 Å². The number of nitrogens with one attached hydrogen (secondary N) is 1. The van der Waals surface area contributed by atoms with Crippen molar-refractivity contribution in [3.8, 4) is 11.4 Å². The van der Waals surface area contributed by atoms with Crippen molar-refractivity contribution in [3.63, 3.8) is 0 Å². The van der Waals surface area contributed by atoms with E-state index in [9.17, 15) is 22.0 Å². The number of piperidine rings is 1. The second-order valence-electron chi connectivity index (χ2n) is 8.90. The Morgan fingerprint density at radius 1 is 1.14 bits per heavy atom. The lowest BCUT2D eigenvalue weighted by molar-refractivity contribution is -0.145. The fraction of sp³-hybridized carbons (Fsp3) is 0.400. The van der Waals surface area contributed by atoms with Crippen LogP contribution in [0.1, 0.15) is 48.2 Å². The summed E-state index contributed by atoms with van der Waals surface area (Å²) < 4.78 is 78.7. The highest BCUT2D eigenvalue weighted by Gasteiger charge is 2.49. The van der Waals surface area contributed by atoms with Gasteiger partial charge < -0.3 is 14.8 Å². The lowest BCUT2D eigenvalue weighted by atomic mass is 9.77. The topological polar surface area (TPSA) is 48.3 Å². The van der Waals surface area contributed by atoms with Crippen molar-refractivity contribution in [3.05, 3.63) is 77.9 Å². The fourth-order valence-electron chi connectivity index (χ4n) is 5.34. The van der Waals surface area contributed by atoms with E-state index in [1.54, 1.807) is 0 Å². The van der Waals surface area contributed by atoms with Crippen LogP contribution in [0.3, 0.4) is 0 Å². The molecule has 2 aromatic carbocycles. The minimum absolute atomic E-state index is 0. The van der Waals surface area contributed by atoms with Gasteiger partial charge in [-0.3, -0.25) is 4.57 Å². The third-order valence-corrected chi connectivity index (χ3v) is 6.77. The van der Waals surface area contributed by atoms with Gasteiger partial charge in [0.25, 0.3) is 0 Å². The van der Waals surface area contributed by atoms with E-state index in [4.69, 9.17) is 9.47 Å². The van der Waals surface area contributed by atoms with Gasteiger partial charge in [0.2, 0.25) is 5.82 Å². The van der Waals surface area contributed by atoms with Gasteiger partial charge in [0, 0.05) is 29.6 Å². The summed E-state index contributed by atoms with van der Waals surface area (Å²) in [4.78, 5) is 3.43. The maximum absolute atomic E-state index is 13.4. The molecule has 194 valence electrons. The van der Waals surface area contributed by atoms with E-state index in [2.05, 4.69) is 10.3 Å². The van der Waals surface area contributed by atoms with Gasteiger partial charge >= 0.3 is 12.8 Å². The molecule has 2 aliphatic rings. The van der Waals surface area contributed by atoms with E-state index >= 15 is 0 Å². The van der Waals surface area contributed by atoms with E-state index in [0.29, 0.717) is 12.0 Å². The molecule has 1 spiro atoms. The summed E-state index contributed by atoms with van der Waals surface area (Å²) in [5, 5.41) is 3.53. The lowest BCUT2D eigenvalue weighted by Crippen LogP contribution is -2.48. The van der Waals surface area contributed by atoms with Gasteiger partial charge in [0.05, 0.1) is 18.2 Å². The molecular weight excluding hydrogens is 505 g/mol. The second-order valence-corrected chi connectivity index (χ2v) is 8.90. The minimum Gasteiger partial charge on any atom is -0.435 e. The first-order valence-corrected chi connectivity index (χ1v) is 11.4. The SMILES string of the molecule is Cl.FC(F)Oc1ccc(-n2ccnc2C(F)(F)F)cc1[C@@H]1CO[C@]2(CCCN[C@H]2c2ccccc2)C1. The normalized spacial score (nSPS) is 24.2. The van der Waals surface area contributed by atoms with Crippen molar-refractivity contribution in [2.24, 2.45) is 0 Å². The number of hydrogen-bond donors (Lipinski definition) is 1. The first-order chi connectivity index (χ1) is 16.8. The average molecular weight is 530 g/mol. The molecule has 3 atom stereocenters. The standard InChI is InChI=1S/C25H24F5N3O2.ClH/c26-23(27)35-20-8-7-18(33-12-11-32-22(33)25(28,29)30)13-19(20)17-14-24(34-15-17)9-4-10-31-21(24)16-5-2-1-3-6-16;/h1-3,5-8,11-13,17,21,23,31H,4,9-10,14-15H2;1H/t17-,21-,24+;/m0./s1. The van der Waals surface area contributed by atoms with Crippen molar-refractivity contribution in [1.29, 1.82) is 0 Å². The number of halogens is 6. The molecule has 3 heterocycles. The van der Waals surface area contributed by atoms with Gasteiger partial charge in [-0.2, -0.15) is 22.0 Å². The number of nitrogens with zero attached hydrogens (tertiary/aromatic N) is 2. The Hall–Kier alpha value is -2.69. The summed E-state index contributed by atoms with van der Waals surface area (Å²) in [6.45, 7) is -2.00. The van der Waals surface area contributed by atoms with Crippen molar-refractivity contribution in [2.75, 3.05) is 13.2 Å². The molecule has 2 aliphatic heterocycles. The second kappa shape index (κ2) is 10.4. The highest BCUT2D eigenvalue weighted by atomic mass is 35.5. The maximum Gasteiger partial charge on any atom is 0.450 e. The molecular formula is C25H25ClF5N3O2. The Balaban J connectivity index is 0.00000304. The van der Waals surface area contributed by atoms with Crippen LogP contribution in [-0.4, -0.2) is 34.9 Å². The van der Waals surface area contributed by atoms with E-state index in [1.165, 1.54) is 24.4 Å². The molecule has 1 aromatic heterocycles. The summed E-state index contributed by atoms with van der Waals surface area (Å²) >= 11 is 0. The molecule has 2 fully saturated rings. The number of imidazole rings is 1. The van der Waals surface area contributed by atoms with Crippen LogP contribution < -0.4 is 10.1 Å². The molecule has 0 radical (unpaired) electrons. The third kappa shape index (κ3) is 5.07. The van der Waals surface area contributed by atoms with Gasteiger partial charge in [-0.05, 0) is 49.6 Å². The van der Waals surface area contributed by atoms with Crippen molar-refractivity contribution in [2.45, 2.75) is 49.6 Å². The largest absolute Gasteiger partial charge is 0.450 e. The molecule has 3 aromatic rings. The van der Waals surface area contributed by atoms with Crippen molar-refractivity contribution in [1.82, 2.24) is 14.9 Å². The maximum atomic E-state index is 13.4. The Morgan fingerprint density at radius 2 is 1.92 bits per heavy atom. The molecule has 0 bridgehead atoms. The zero-order valence-corrected chi connectivity index (χ0v) is 19.9. The smallest absolute Gasteiger partial charge is 0.435 e. The minimum atomic E-state index is -4.67. The Morgan fingerprint density at radius 3 is 2.64 bits per heavy atom. The predicted octanol–water partition coefficient (Wildman–Crippen LogP) is 6.28. The molecule has 36 heavy (non-hydrogen) atoms. The average Bonchev–Trinajstić information content (AvgIpc) is 3.48. The lowest BCUT2D eigenvalue weighted by Gasteiger charge is -2.41. The summed E-state index contributed by atoms with van der Waals surface area (Å²) in [6, 6.07) is 13.9. The number of benzene rings is 2. The van der Waals surface area contributed by atoms with Crippen LogP contribution in [0.2, 0.25) is 0 Å². The van der Waals surface area contributed by atoms with Crippen molar-refractivity contribution < 1.29 is 31.4 Å². The molecule has 1 N–H and O–H groups in total. The van der Waals surface area contributed by atoms with Crippen LogP contribution in [0, 0.1) is 0 Å². The Bertz CT molecular complexity index is 1170.